The molecule has 1 rings (SSSR count). The molecular weight excluding hydrogens is 182 g/mol. The van der Waals surface area contributed by atoms with Crippen LogP contribution in [0.2, 0.25) is 0 Å². The van der Waals surface area contributed by atoms with Crippen molar-refractivity contribution in [3.8, 4) is 0 Å². The highest BCUT2D eigenvalue weighted by atomic mass is 32.2. The van der Waals surface area contributed by atoms with E-state index in [1.54, 1.807) is 0 Å². The first-order valence-corrected chi connectivity index (χ1v) is 6.79. The predicted molar refractivity (Wildman–Crippen MR) is 58.4 cm³/mol. The third kappa shape index (κ3) is 4.23. The van der Waals surface area contributed by atoms with E-state index in [-0.39, 0.29) is 0 Å². The van der Waals surface area contributed by atoms with E-state index in [9.17, 15) is 4.21 Å². The van der Waals surface area contributed by atoms with E-state index in [2.05, 4.69) is 12.2 Å². The first-order chi connectivity index (χ1) is 6.22. The molecule has 0 bridgehead atoms. The lowest BCUT2D eigenvalue weighted by Crippen LogP contribution is -2.30. The van der Waals surface area contributed by atoms with Gasteiger partial charge in [0.05, 0.1) is 0 Å². The van der Waals surface area contributed by atoms with Crippen LogP contribution in [0.4, 0.5) is 0 Å². The Hall–Kier alpha value is 0.110. The Morgan fingerprint density at radius 1 is 1.46 bits per heavy atom. The Kier molecular flexibility index (Phi) is 4.96. The summed E-state index contributed by atoms with van der Waals surface area (Å²) in [6.07, 6.45) is 3.97. The summed E-state index contributed by atoms with van der Waals surface area (Å²) >= 11 is 0. The van der Waals surface area contributed by atoms with Gasteiger partial charge in [-0.2, -0.15) is 0 Å². The van der Waals surface area contributed by atoms with Crippen LogP contribution in [0, 0.1) is 5.92 Å². The van der Waals surface area contributed by atoms with E-state index in [0.717, 1.165) is 24.0 Å². The van der Waals surface area contributed by atoms with Crippen molar-refractivity contribution in [2.24, 2.45) is 5.92 Å². The van der Waals surface area contributed by atoms with Gasteiger partial charge in [-0.25, -0.2) is 0 Å². The normalized spacial score (nSPS) is 30.6. The summed E-state index contributed by atoms with van der Waals surface area (Å²) in [5, 5.41) is 3.48. The third-order valence-corrected chi connectivity index (χ3v) is 4.08. The molecule has 0 amide bonds. The van der Waals surface area contributed by atoms with Crippen molar-refractivity contribution >= 4 is 10.8 Å². The summed E-state index contributed by atoms with van der Waals surface area (Å²) in [5.41, 5.74) is 0. The fourth-order valence-corrected chi connectivity index (χ4v) is 2.55. The second kappa shape index (κ2) is 5.76. The molecule has 1 fully saturated rings. The third-order valence-electron chi connectivity index (χ3n) is 2.78. The standard InChI is InChI=1S/C10H21NOS/c1-3-13(12)7-6-11-10-5-4-9(2)8-10/h9-11H,3-8H2,1-2H3. The quantitative estimate of drug-likeness (QED) is 0.734. The van der Waals surface area contributed by atoms with Crippen LogP contribution in [-0.2, 0) is 10.8 Å². The van der Waals surface area contributed by atoms with Crippen molar-refractivity contribution in [1.29, 1.82) is 0 Å². The van der Waals surface area contributed by atoms with Crippen LogP contribution < -0.4 is 5.32 Å². The highest BCUT2D eigenvalue weighted by Gasteiger charge is 2.20. The number of rotatable bonds is 5. The average molecular weight is 203 g/mol. The smallest absolute Gasteiger partial charge is 0.0360 e. The Morgan fingerprint density at radius 3 is 2.77 bits per heavy atom. The molecule has 1 saturated carbocycles. The van der Waals surface area contributed by atoms with Gasteiger partial charge in [0.2, 0.25) is 0 Å². The molecule has 78 valence electrons. The monoisotopic (exact) mass is 203 g/mol. The van der Waals surface area contributed by atoms with Gasteiger partial charge in [-0.1, -0.05) is 13.8 Å². The van der Waals surface area contributed by atoms with Gasteiger partial charge in [0.25, 0.3) is 0 Å². The van der Waals surface area contributed by atoms with Crippen molar-refractivity contribution in [2.75, 3.05) is 18.1 Å². The topological polar surface area (TPSA) is 29.1 Å². The molecule has 0 saturated heterocycles. The zero-order valence-corrected chi connectivity index (χ0v) is 9.53. The molecule has 0 aromatic rings. The number of hydrogen-bond donors (Lipinski definition) is 1. The molecule has 3 atom stereocenters. The van der Waals surface area contributed by atoms with Gasteiger partial charge in [-0.15, -0.1) is 0 Å². The summed E-state index contributed by atoms with van der Waals surface area (Å²) in [6.45, 7) is 5.22. The highest BCUT2D eigenvalue weighted by Crippen LogP contribution is 2.24. The second-order valence-electron chi connectivity index (χ2n) is 4.00. The minimum atomic E-state index is -0.598. The molecule has 0 aliphatic heterocycles. The second-order valence-corrected chi connectivity index (χ2v) is 5.87. The maximum atomic E-state index is 11.1. The van der Waals surface area contributed by atoms with E-state index in [1.807, 2.05) is 6.92 Å². The first kappa shape index (κ1) is 11.2. The summed E-state index contributed by atoms with van der Waals surface area (Å²) in [7, 11) is -0.598. The van der Waals surface area contributed by atoms with E-state index < -0.39 is 10.8 Å². The van der Waals surface area contributed by atoms with E-state index in [4.69, 9.17) is 0 Å². The summed E-state index contributed by atoms with van der Waals surface area (Å²) in [6, 6.07) is 0.698. The molecule has 0 aromatic heterocycles. The summed E-state index contributed by atoms with van der Waals surface area (Å²) in [4.78, 5) is 0. The molecule has 0 radical (unpaired) electrons. The SMILES string of the molecule is CCS(=O)CCNC1CCC(C)C1. The molecular formula is C10H21NOS. The fourth-order valence-electron chi connectivity index (χ4n) is 1.91. The van der Waals surface area contributed by atoms with Crippen molar-refractivity contribution in [1.82, 2.24) is 5.32 Å². The molecule has 0 aromatic carbocycles. The summed E-state index contributed by atoms with van der Waals surface area (Å²) in [5.74, 6) is 2.50. The van der Waals surface area contributed by atoms with Crippen molar-refractivity contribution in [3.05, 3.63) is 0 Å². The fraction of sp³-hybridized carbons (Fsp3) is 1.00. The van der Waals surface area contributed by atoms with E-state index >= 15 is 0 Å². The van der Waals surface area contributed by atoms with Gasteiger partial charge in [0, 0.05) is 34.9 Å². The van der Waals surface area contributed by atoms with Crippen LogP contribution in [0.3, 0.4) is 0 Å². The lowest BCUT2D eigenvalue weighted by molar-refractivity contribution is 0.517. The van der Waals surface area contributed by atoms with Gasteiger partial charge in [0.15, 0.2) is 0 Å². The van der Waals surface area contributed by atoms with Crippen LogP contribution in [0.15, 0.2) is 0 Å². The Labute approximate surface area is 83.9 Å². The van der Waals surface area contributed by atoms with Crippen molar-refractivity contribution < 1.29 is 4.21 Å². The average Bonchev–Trinajstić information content (AvgIpc) is 2.51. The van der Waals surface area contributed by atoms with Crippen LogP contribution in [0.5, 0.6) is 0 Å². The Bertz CT molecular complexity index is 172. The van der Waals surface area contributed by atoms with Gasteiger partial charge in [0.1, 0.15) is 0 Å². The molecule has 1 aliphatic carbocycles. The lowest BCUT2D eigenvalue weighted by Gasteiger charge is -2.11. The summed E-state index contributed by atoms with van der Waals surface area (Å²) < 4.78 is 11.1. The first-order valence-electron chi connectivity index (χ1n) is 5.30. The maximum Gasteiger partial charge on any atom is 0.0360 e. The van der Waals surface area contributed by atoms with Crippen LogP contribution >= 0.6 is 0 Å². The number of hydrogen-bond acceptors (Lipinski definition) is 2. The maximum absolute atomic E-state index is 11.1. The minimum Gasteiger partial charge on any atom is -0.313 e. The molecule has 0 heterocycles. The minimum absolute atomic E-state index is 0.598. The largest absolute Gasteiger partial charge is 0.313 e. The van der Waals surface area contributed by atoms with Crippen molar-refractivity contribution in [2.45, 2.75) is 39.2 Å². The number of nitrogens with one attached hydrogen (secondary N) is 1. The van der Waals surface area contributed by atoms with E-state index in [0.29, 0.717) is 6.04 Å². The molecule has 3 unspecified atom stereocenters. The zero-order chi connectivity index (χ0) is 9.68. The van der Waals surface area contributed by atoms with Gasteiger partial charge >= 0.3 is 0 Å². The zero-order valence-electron chi connectivity index (χ0n) is 8.71. The van der Waals surface area contributed by atoms with E-state index in [1.165, 1.54) is 19.3 Å². The van der Waals surface area contributed by atoms with Gasteiger partial charge < -0.3 is 5.32 Å². The van der Waals surface area contributed by atoms with Crippen LogP contribution in [0.1, 0.15) is 33.1 Å². The molecule has 1 N–H and O–H groups in total. The molecule has 1 aliphatic rings. The molecule has 13 heavy (non-hydrogen) atoms. The van der Waals surface area contributed by atoms with Crippen molar-refractivity contribution in [3.63, 3.8) is 0 Å². The highest BCUT2D eigenvalue weighted by molar-refractivity contribution is 7.84. The van der Waals surface area contributed by atoms with Gasteiger partial charge in [-0.3, -0.25) is 4.21 Å². The molecule has 3 heteroatoms. The Morgan fingerprint density at radius 2 is 2.23 bits per heavy atom. The van der Waals surface area contributed by atoms with Crippen LogP contribution in [0.25, 0.3) is 0 Å². The Balaban J connectivity index is 2.03. The molecule has 0 spiro atoms. The predicted octanol–water partition coefficient (Wildman–Crippen LogP) is 1.53. The lowest BCUT2D eigenvalue weighted by atomic mass is 10.1. The molecule has 2 nitrogen and oxygen atoms in total. The van der Waals surface area contributed by atoms with Gasteiger partial charge in [-0.05, 0) is 25.2 Å². The van der Waals surface area contributed by atoms with Crippen LogP contribution in [-0.4, -0.2) is 28.3 Å².